The van der Waals surface area contributed by atoms with Gasteiger partial charge >= 0.3 is 0 Å². The van der Waals surface area contributed by atoms with Gasteiger partial charge in [0.25, 0.3) is 17.4 Å². The first-order valence-corrected chi connectivity index (χ1v) is 11.2. The maximum absolute atomic E-state index is 13.3. The van der Waals surface area contributed by atoms with Crippen LogP contribution in [0.1, 0.15) is 64.4 Å². The Morgan fingerprint density at radius 1 is 0.871 bits per heavy atom. The molecule has 2 bridgehead atoms. The maximum Gasteiger partial charge on any atom is 0.263 e. The van der Waals surface area contributed by atoms with Crippen LogP contribution in [0.4, 0.5) is 0 Å². The first-order chi connectivity index (χ1) is 15.1. The predicted molar refractivity (Wildman–Crippen MR) is 114 cm³/mol. The summed E-state index contributed by atoms with van der Waals surface area (Å²) in [6.45, 7) is 3.15. The standard InChI is InChI=1S/C23H27N5O3/c29-21(18-10-24-15-25-11-18)27-12-16-9-17(14-27)20-6-5-19(23(31)28(20)13-16)22(30)26-7-3-1-2-4-8-26/h5-6,10-11,15-17H,1-4,7-9,12-14H2/t16-,17+/m0/s1. The molecule has 2 aromatic rings. The van der Waals surface area contributed by atoms with E-state index < -0.39 is 0 Å². The Hall–Kier alpha value is -3.03. The summed E-state index contributed by atoms with van der Waals surface area (Å²) in [5.41, 5.74) is 1.51. The van der Waals surface area contributed by atoms with Crippen LogP contribution in [0.15, 0.2) is 35.6 Å². The van der Waals surface area contributed by atoms with E-state index in [4.69, 9.17) is 0 Å². The van der Waals surface area contributed by atoms with Gasteiger partial charge in [-0.2, -0.15) is 0 Å². The van der Waals surface area contributed by atoms with Crippen LogP contribution in [-0.2, 0) is 6.54 Å². The van der Waals surface area contributed by atoms with Crippen LogP contribution >= 0.6 is 0 Å². The molecule has 8 nitrogen and oxygen atoms in total. The van der Waals surface area contributed by atoms with E-state index in [0.29, 0.717) is 25.2 Å². The number of nitrogens with zero attached hydrogens (tertiary/aromatic N) is 5. The van der Waals surface area contributed by atoms with Crippen molar-refractivity contribution in [1.29, 1.82) is 0 Å². The summed E-state index contributed by atoms with van der Waals surface area (Å²) in [7, 11) is 0. The molecule has 0 N–H and O–H groups in total. The van der Waals surface area contributed by atoms with Crippen LogP contribution in [0, 0.1) is 5.92 Å². The van der Waals surface area contributed by atoms with E-state index >= 15 is 0 Å². The lowest BCUT2D eigenvalue weighted by Gasteiger charge is -2.42. The van der Waals surface area contributed by atoms with Crippen molar-refractivity contribution in [2.75, 3.05) is 26.2 Å². The third kappa shape index (κ3) is 3.75. The minimum Gasteiger partial charge on any atom is -0.338 e. The zero-order valence-corrected chi connectivity index (χ0v) is 17.6. The van der Waals surface area contributed by atoms with Gasteiger partial charge in [-0.25, -0.2) is 9.97 Å². The van der Waals surface area contributed by atoms with Crippen molar-refractivity contribution in [3.8, 4) is 0 Å². The molecule has 2 aromatic heterocycles. The molecule has 2 atom stereocenters. The van der Waals surface area contributed by atoms with Gasteiger partial charge in [0.15, 0.2) is 0 Å². The lowest BCUT2D eigenvalue weighted by Crippen LogP contribution is -2.50. The fraction of sp³-hybridized carbons (Fsp3) is 0.522. The van der Waals surface area contributed by atoms with E-state index in [1.165, 1.54) is 6.33 Å². The second-order valence-corrected chi connectivity index (χ2v) is 8.93. The molecule has 2 saturated heterocycles. The zero-order valence-electron chi connectivity index (χ0n) is 17.6. The highest BCUT2D eigenvalue weighted by Gasteiger charge is 2.37. The molecule has 0 spiro atoms. The molecule has 162 valence electrons. The average molecular weight is 422 g/mol. The molecular weight excluding hydrogens is 394 g/mol. The van der Waals surface area contributed by atoms with Crippen LogP contribution in [-0.4, -0.2) is 62.3 Å². The largest absolute Gasteiger partial charge is 0.338 e. The quantitative estimate of drug-likeness (QED) is 0.739. The summed E-state index contributed by atoms with van der Waals surface area (Å²) >= 11 is 0. The monoisotopic (exact) mass is 421 g/mol. The Morgan fingerprint density at radius 3 is 2.35 bits per heavy atom. The summed E-state index contributed by atoms with van der Waals surface area (Å²) in [5, 5.41) is 0. The summed E-state index contributed by atoms with van der Waals surface area (Å²) in [4.78, 5) is 50.8. The molecule has 3 aliphatic heterocycles. The van der Waals surface area contributed by atoms with Crippen molar-refractivity contribution < 1.29 is 9.59 Å². The SMILES string of the molecule is O=C(c1cncnc1)N1C[C@@H]2C[C@H](C1)c1ccc(C(=O)N3CCCCCC3)c(=O)n1C2. The minimum absolute atomic E-state index is 0.0703. The van der Waals surface area contributed by atoms with Gasteiger partial charge in [-0.05, 0) is 37.3 Å². The molecule has 5 heterocycles. The second-order valence-electron chi connectivity index (χ2n) is 8.93. The normalized spacial score (nSPS) is 23.1. The second kappa shape index (κ2) is 8.24. The number of piperidine rings is 1. The number of fused-ring (bicyclic) bond motifs is 4. The van der Waals surface area contributed by atoms with Crippen molar-refractivity contribution in [1.82, 2.24) is 24.3 Å². The highest BCUT2D eigenvalue weighted by atomic mass is 16.2. The lowest BCUT2D eigenvalue weighted by molar-refractivity contribution is 0.0593. The third-order valence-electron chi connectivity index (χ3n) is 6.82. The van der Waals surface area contributed by atoms with Gasteiger partial charge in [0.2, 0.25) is 0 Å². The van der Waals surface area contributed by atoms with Crippen LogP contribution in [0.25, 0.3) is 0 Å². The average Bonchev–Trinajstić information content (AvgIpc) is 3.09. The van der Waals surface area contributed by atoms with E-state index in [0.717, 1.165) is 50.9 Å². The summed E-state index contributed by atoms with van der Waals surface area (Å²) < 4.78 is 1.79. The Kier molecular flexibility index (Phi) is 5.29. The van der Waals surface area contributed by atoms with Crippen LogP contribution in [0.5, 0.6) is 0 Å². The van der Waals surface area contributed by atoms with E-state index in [2.05, 4.69) is 9.97 Å². The molecule has 0 unspecified atom stereocenters. The van der Waals surface area contributed by atoms with Crippen LogP contribution in [0.3, 0.4) is 0 Å². The number of amides is 2. The van der Waals surface area contributed by atoms with Gasteiger partial charge in [0.05, 0.1) is 5.56 Å². The fourth-order valence-corrected chi connectivity index (χ4v) is 5.31. The molecule has 0 radical (unpaired) electrons. The first-order valence-electron chi connectivity index (χ1n) is 11.2. The van der Waals surface area contributed by atoms with Gasteiger partial charge in [0, 0.05) is 56.7 Å². The number of likely N-dealkylation sites (tertiary alicyclic amines) is 2. The minimum atomic E-state index is -0.183. The Labute approximate surface area is 180 Å². The third-order valence-corrected chi connectivity index (χ3v) is 6.82. The molecule has 0 aliphatic carbocycles. The van der Waals surface area contributed by atoms with Crippen molar-refractivity contribution in [3.05, 3.63) is 58.0 Å². The number of carbonyl (C=O) groups is 2. The lowest BCUT2D eigenvalue weighted by atomic mass is 9.82. The van der Waals surface area contributed by atoms with Gasteiger partial charge in [-0.3, -0.25) is 14.4 Å². The highest BCUT2D eigenvalue weighted by Crippen LogP contribution is 2.35. The number of aromatic nitrogens is 3. The van der Waals surface area contributed by atoms with Crippen molar-refractivity contribution >= 4 is 11.8 Å². The van der Waals surface area contributed by atoms with Crippen molar-refractivity contribution in [2.45, 2.75) is 44.6 Å². The summed E-state index contributed by atoms with van der Waals surface area (Å²) in [5.74, 6) is 0.0788. The molecule has 31 heavy (non-hydrogen) atoms. The molecule has 2 fully saturated rings. The summed E-state index contributed by atoms with van der Waals surface area (Å²) in [6, 6.07) is 3.63. The number of rotatable bonds is 2. The number of carbonyl (C=O) groups excluding carboxylic acids is 2. The molecule has 2 amide bonds. The topological polar surface area (TPSA) is 88.4 Å². The number of hydrogen-bond acceptors (Lipinski definition) is 5. The Morgan fingerprint density at radius 2 is 1.61 bits per heavy atom. The van der Waals surface area contributed by atoms with Crippen molar-refractivity contribution in [3.63, 3.8) is 0 Å². The zero-order chi connectivity index (χ0) is 21.4. The number of pyridine rings is 1. The van der Waals surface area contributed by atoms with Gasteiger partial charge < -0.3 is 14.4 Å². The van der Waals surface area contributed by atoms with E-state index in [1.807, 2.05) is 15.9 Å². The van der Waals surface area contributed by atoms with E-state index in [9.17, 15) is 14.4 Å². The van der Waals surface area contributed by atoms with Gasteiger partial charge in [-0.15, -0.1) is 0 Å². The Balaban J connectivity index is 1.40. The van der Waals surface area contributed by atoms with Crippen LogP contribution in [0.2, 0.25) is 0 Å². The van der Waals surface area contributed by atoms with Gasteiger partial charge in [-0.1, -0.05) is 12.8 Å². The van der Waals surface area contributed by atoms with E-state index in [1.54, 1.807) is 23.0 Å². The highest BCUT2D eigenvalue weighted by molar-refractivity contribution is 5.94. The fourth-order valence-electron chi connectivity index (χ4n) is 5.31. The van der Waals surface area contributed by atoms with Gasteiger partial charge in [0.1, 0.15) is 11.9 Å². The molecule has 0 saturated carbocycles. The molecular formula is C23H27N5O3. The first kappa shape index (κ1) is 19.9. The predicted octanol–water partition coefficient (Wildman–Crippen LogP) is 1.91. The smallest absolute Gasteiger partial charge is 0.263 e. The van der Waals surface area contributed by atoms with Crippen molar-refractivity contribution in [2.24, 2.45) is 5.92 Å². The van der Waals surface area contributed by atoms with E-state index in [-0.39, 0.29) is 34.8 Å². The molecule has 8 heteroatoms. The maximum atomic E-state index is 13.3. The molecule has 0 aromatic carbocycles. The Bertz CT molecular complexity index is 1040. The van der Waals surface area contributed by atoms with Crippen LogP contribution < -0.4 is 5.56 Å². The summed E-state index contributed by atoms with van der Waals surface area (Å²) in [6.07, 6.45) is 9.72. The molecule has 5 rings (SSSR count). The molecule has 3 aliphatic rings. The number of hydrogen-bond donors (Lipinski definition) is 0.